The Kier molecular flexibility index (Phi) is 3.95. The number of nitrogens with two attached hydrogens (primary N) is 1. The van der Waals surface area contributed by atoms with E-state index in [0.717, 1.165) is 13.1 Å². The van der Waals surface area contributed by atoms with Crippen LogP contribution in [0.1, 0.15) is 38.2 Å². The maximum Gasteiger partial charge on any atom is 0.0638 e. The molecule has 0 spiro atoms. The predicted molar refractivity (Wildman–Crippen MR) is 74.1 cm³/mol. The second-order valence-corrected chi connectivity index (χ2v) is 5.57. The zero-order chi connectivity index (χ0) is 12.3. The number of nitrogen functional groups attached to an aromatic ring is 1. The van der Waals surface area contributed by atoms with Crippen molar-refractivity contribution >= 4 is 17.3 Å². The van der Waals surface area contributed by atoms with Crippen LogP contribution in [0.4, 0.5) is 5.69 Å². The van der Waals surface area contributed by atoms with Crippen LogP contribution in [-0.2, 0) is 6.54 Å². The SMILES string of the molecule is CCC1(CNCc2ccc(N)c(Cl)c2)CCC1. The maximum atomic E-state index is 6.00. The van der Waals surface area contributed by atoms with Gasteiger partial charge in [-0.1, -0.05) is 31.0 Å². The van der Waals surface area contributed by atoms with Crippen LogP contribution in [0.5, 0.6) is 0 Å². The molecule has 0 saturated heterocycles. The third-order valence-electron chi connectivity index (χ3n) is 4.06. The summed E-state index contributed by atoms with van der Waals surface area (Å²) in [5, 5.41) is 4.19. The fourth-order valence-corrected chi connectivity index (χ4v) is 2.69. The van der Waals surface area contributed by atoms with Crippen molar-refractivity contribution in [3.8, 4) is 0 Å². The van der Waals surface area contributed by atoms with Crippen molar-refractivity contribution in [3.05, 3.63) is 28.8 Å². The largest absolute Gasteiger partial charge is 0.398 e. The van der Waals surface area contributed by atoms with Gasteiger partial charge in [0.25, 0.3) is 0 Å². The van der Waals surface area contributed by atoms with E-state index in [9.17, 15) is 0 Å². The molecule has 1 aliphatic rings. The first-order valence-electron chi connectivity index (χ1n) is 6.40. The lowest BCUT2D eigenvalue weighted by Gasteiger charge is -2.41. The highest BCUT2D eigenvalue weighted by Crippen LogP contribution is 2.43. The van der Waals surface area contributed by atoms with Crippen LogP contribution in [0.3, 0.4) is 0 Å². The minimum Gasteiger partial charge on any atom is -0.398 e. The van der Waals surface area contributed by atoms with E-state index in [0.29, 0.717) is 16.1 Å². The standard InChI is InChI=1S/C14H21ClN2/c1-2-14(6-3-7-14)10-17-9-11-4-5-13(16)12(15)8-11/h4-5,8,17H,2-3,6-7,9-10,16H2,1H3. The third-order valence-corrected chi connectivity index (χ3v) is 4.39. The first kappa shape index (κ1) is 12.7. The van der Waals surface area contributed by atoms with Crippen molar-refractivity contribution in [1.82, 2.24) is 5.32 Å². The number of benzene rings is 1. The summed E-state index contributed by atoms with van der Waals surface area (Å²) in [5.74, 6) is 0. The minimum absolute atomic E-state index is 0.567. The number of hydrogen-bond acceptors (Lipinski definition) is 2. The molecule has 0 aromatic heterocycles. The summed E-state index contributed by atoms with van der Waals surface area (Å²) in [4.78, 5) is 0. The van der Waals surface area contributed by atoms with Crippen LogP contribution >= 0.6 is 11.6 Å². The second-order valence-electron chi connectivity index (χ2n) is 5.17. The van der Waals surface area contributed by atoms with Crippen molar-refractivity contribution in [1.29, 1.82) is 0 Å². The highest BCUT2D eigenvalue weighted by molar-refractivity contribution is 6.33. The van der Waals surface area contributed by atoms with Crippen LogP contribution < -0.4 is 11.1 Å². The summed E-state index contributed by atoms with van der Waals surface area (Å²) >= 11 is 6.00. The van der Waals surface area contributed by atoms with Gasteiger partial charge in [0, 0.05) is 13.1 Å². The zero-order valence-electron chi connectivity index (χ0n) is 10.4. The molecule has 0 unspecified atom stereocenters. The lowest BCUT2D eigenvalue weighted by molar-refractivity contribution is 0.124. The summed E-state index contributed by atoms with van der Waals surface area (Å²) in [6, 6.07) is 5.86. The molecule has 0 atom stereocenters. The molecule has 1 aromatic rings. The van der Waals surface area contributed by atoms with Gasteiger partial charge in [-0.2, -0.15) is 0 Å². The fraction of sp³-hybridized carbons (Fsp3) is 0.571. The van der Waals surface area contributed by atoms with Gasteiger partial charge in [0.1, 0.15) is 0 Å². The molecule has 3 N–H and O–H groups in total. The monoisotopic (exact) mass is 252 g/mol. The number of rotatable bonds is 5. The summed E-state index contributed by atoms with van der Waals surface area (Å²) < 4.78 is 0. The number of anilines is 1. The van der Waals surface area contributed by atoms with Gasteiger partial charge >= 0.3 is 0 Å². The summed E-state index contributed by atoms with van der Waals surface area (Å²) in [7, 11) is 0. The van der Waals surface area contributed by atoms with Gasteiger partial charge in [-0.25, -0.2) is 0 Å². The van der Waals surface area contributed by atoms with Crippen LogP contribution in [-0.4, -0.2) is 6.54 Å². The van der Waals surface area contributed by atoms with Gasteiger partial charge in [-0.15, -0.1) is 0 Å². The Balaban J connectivity index is 1.83. The highest BCUT2D eigenvalue weighted by Gasteiger charge is 2.34. The third kappa shape index (κ3) is 2.93. The van der Waals surface area contributed by atoms with E-state index in [-0.39, 0.29) is 0 Å². The molecular weight excluding hydrogens is 232 g/mol. The van der Waals surface area contributed by atoms with Crippen molar-refractivity contribution < 1.29 is 0 Å². The van der Waals surface area contributed by atoms with Gasteiger partial charge in [-0.3, -0.25) is 0 Å². The molecule has 1 aliphatic carbocycles. The average Bonchev–Trinajstić information content (AvgIpc) is 2.27. The van der Waals surface area contributed by atoms with Gasteiger partial charge in [0.05, 0.1) is 10.7 Å². The predicted octanol–water partition coefficient (Wildman–Crippen LogP) is 3.59. The van der Waals surface area contributed by atoms with Crippen LogP contribution in [0.15, 0.2) is 18.2 Å². The topological polar surface area (TPSA) is 38.0 Å². The Bertz CT molecular complexity index is 380. The summed E-state index contributed by atoms with van der Waals surface area (Å²) in [5.41, 5.74) is 8.11. The Morgan fingerprint density at radius 3 is 2.71 bits per heavy atom. The smallest absolute Gasteiger partial charge is 0.0638 e. The molecule has 0 heterocycles. The van der Waals surface area contributed by atoms with Crippen LogP contribution in [0.2, 0.25) is 5.02 Å². The molecule has 2 nitrogen and oxygen atoms in total. The molecule has 0 amide bonds. The van der Waals surface area contributed by atoms with Crippen molar-refractivity contribution in [2.24, 2.45) is 5.41 Å². The fourth-order valence-electron chi connectivity index (χ4n) is 2.48. The lowest BCUT2D eigenvalue weighted by atomic mass is 9.67. The molecule has 17 heavy (non-hydrogen) atoms. The summed E-state index contributed by atoms with van der Waals surface area (Å²) in [6.07, 6.45) is 5.42. The van der Waals surface area contributed by atoms with Crippen LogP contribution in [0.25, 0.3) is 0 Å². The lowest BCUT2D eigenvalue weighted by Crippen LogP contribution is -2.39. The number of halogens is 1. The van der Waals surface area contributed by atoms with Crippen LogP contribution in [0, 0.1) is 5.41 Å². The highest BCUT2D eigenvalue weighted by atomic mass is 35.5. The Morgan fingerprint density at radius 1 is 1.41 bits per heavy atom. The molecule has 0 radical (unpaired) electrons. The first-order valence-corrected chi connectivity index (χ1v) is 6.78. The van der Waals surface area contributed by atoms with Crippen molar-refractivity contribution in [2.45, 2.75) is 39.2 Å². The normalized spacial score (nSPS) is 17.8. The molecule has 0 aliphatic heterocycles. The van der Waals surface area contributed by atoms with Gasteiger partial charge in [-0.05, 0) is 42.4 Å². The molecule has 3 heteroatoms. The molecule has 0 bridgehead atoms. The number of hydrogen-bond donors (Lipinski definition) is 2. The molecule has 2 rings (SSSR count). The molecule has 1 saturated carbocycles. The molecule has 1 aromatic carbocycles. The summed E-state index contributed by atoms with van der Waals surface area (Å²) in [6.45, 7) is 4.29. The van der Waals surface area contributed by atoms with E-state index < -0.39 is 0 Å². The first-order chi connectivity index (χ1) is 8.15. The Labute approximate surface area is 109 Å². The van der Waals surface area contributed by atoms with E-state index in [1.54, 1.807) is 0 Å². The molecule has 94 valence electrons. The van der Waals surface area contributed by atoms with E-state index in [1.165, 1.54) is 31.2 Å². The maximum absolute atomic E-state index is 6.00. The van der Waals surface area contributed by atoms with E-state index in [1.807, 2.05) is 18.2 Å². The molecule has 1 fully saturated rings. The van der Waals surface area contributed by atoms with Crippen molar-refractivity contribution in [3.63, 3.8) is 0 Å². The minimum atomic E-state index is 0.567. The van der Waals surface area contributed by atoms with E-state index in [2.05, 4.69) is 12.2 Å². The van der Waals surface area contributed by atoms with E-state index >= 15 is 0 Å². The quantitative estimate of drug-likeness (QED) is 0.786. The average molecular weight is 253 g/mol. The Hall–Kier alpha value is -0.730. The molecular formula is C14H21ClN2. The van der Waals surface area contributed by atoms with Crippen molar-refractivity contribution in [2.75, 3.05) is 12.3 Å². The van der Waals surface area contributed by atoms with E-state index in [4.69, 9.17) is 17.3 Å². The van der Waals surface area contributed by atoms with Gasteiger partial charge in [0.15, 0.2) is 0 Å². The second kappa shape index (κ2) is 5.28. The number of nitrogens with one attached hydrogen (secondary N) is 1. The van der Waals surface area contributed by atoms with Gasteiger partial charge in [0.2, 0.25) is 0 Å². The Morgan fingerprint density at radius 2 is 2.18 bits per heavy atom. The van der Waals surface area contributed by atoms with Gasteiger partial charge < -0.3 is 11.1 Å². The zero-order valence-corrected chi connectivity index (χ0v) is 11.2.